The van der Waals surface area contributed by atoms with E-state index in [1.165, 1.54) is 11.1 Å². The molecule has 1 aliphatic heterocycles. The van der Waals surface area contributed by atoms with Crippen molar-refractivity contribution in [3.8, 4) is 5.69 Å². The third-order valence-electron chi connectivity index (χ3n) is 4.52. The van der Waals surface area contributed by atoms with Gasteiger partial charge in [-0.3, -0.25) is 0 Å². The van der Waals surface area contributed by atoms with Gasteiger partial charge >= 0.3 is 0 Å². The SMILES string of the molecule is c1cc(NCc2ccc(-n3ccnc3)cc2)cc(C2CCOC2)c1. The van der Waals surface area contributed by atoms with Gasteiger partial charge in [0.1, 0.15) is 0 Å². The van der Waals surface area contributed by atoms with Crippen LogP contribution in [0.3, 0.4) is 0 Å². The van der Waals surface area contributed by atoms with E-state index in [1.54, 1.807) is 6.20 Å². The van der Waals surface area contributed by atoms with Crippen LogP contribution in [0.2, 0.25) is 0 Å². The van der Waals surface area contributed by atoms with E-state index in [1.807, 2.05) is 17.1 Å². The normalized spacial score (nSPS) is 17.1. The Bertz CT molecular complexity index is 775. The topological polar surface area (TPSA) is 39.1 Å². The summed E-state index contributed by atoms with van der Waals surface area (Å²) in [7, 11) is 0. The number of nitrogens with one attached hydrogen (secondary N) is 1. The van der Waals surface area contributed by atoms with Crippen molar-refractivity contribution in [2.24, 2.45) is 0 Å². The third-order valence-corrected chi connectivity index (χ3v) is 4.52. The van der Waals surface area contributed by atoms with Gasteiger partial charge in [0.15, 0.2) is 0 Å². The lowest BCUT2D eigenvalue weighted by Gasteiger charge is -2.12. The first kappa shape index (κ1) is 15.0. The number of aromatic nitrogens is 2. The molecule has 1 saturated heterocycles. The Labute approximate surface area is 142 Å². The summed E-state index contributed by atoms with van der Waals surface area (Å²) in [6, 6.07) is 17.2. The zero-order chi connectivity index (χ0) is 16.2. The van der Waals surface area contributed by atoms with Crippen molar-refractivity contribution in [2.75, 3.05) is 18.5 Å². The molecular formula is C20H21N3O. The Morgan fingerprint density at radius 3 is 2.83 bits per heavy atom. The Hall–Kier alpha value is -2.59. The molecule has 0 saturated carbocycles. The number of hydrogen-bond donors (Lipinski definition) is 1. The lowest BCUT2D eigenvalue weighted by atomic mass is 9.98. The molecular weight excluding hydrogens is 298 g/mol. The summed E-state index contributed by atoms with van der Waals surface area (Å²) in [5.41, 5.74) is 4.92. The van der Waals surface area contributed by atoms with Gasteiger partial charge < -0.3 is 14.6 Å². The number of benzene rings is 2. The molecule has 3 aromatic rings. The molecule has 1 N–H and O–H groups in total. The molecule has 0 bridgehead atoms. The molecule has 4 nitrogen and oxygen atoms in total. The van der Waals surface area contributed by atoms with Gasteiger partial charge in [0.2, 0.25) is 0 Å². The Morgan fingerprint density at radius 1 is 1.17 bits per heavy atom. The van der Waals surface area contributed by atoms with Crippen molar-refractivity contribution in [3.63, 3.8) is 0 Å². The second kappa shape index (κ2) is 6.89. The van der Waals surface area contributed by atoms with Crippen molar-refractivity contribution >= 4 is 5.69 Å². The number of imidazole rings is 1. The van der Waals surface area contributed by atoms with E-state index in [4.69, 9.17) is 4.74 Å². The molecule has 1 aromatic heterocycles. The maximum absolute atomic E-state index is 5.50. The summed E-state index contributed by atoms with van der Waals surface area (Å²) in [6.07, 6.45) is 6.67. The van der Waals surface area contributed by atoms with Gasteiger partial charge in [0.25, 0.3) is 0 Å². The maximum Gasteiger partial charge on any atom is 0.0991 e. The summed E-state index contributed by atoms with van der Waals surface area (Å²) >= 11 is 0. The second-order valence-electron chi connectivity index (χ2n) is 6.18. The molecule has 0 spiro atoms. The zero-order valence-electron chi connectivity index (χ0n) is 13.6. The standard InChI is InChI=1S/C20H21N3O/c1-2-17(18-8-11-24-14-18)12-19(3-1)22-13-16-4-6-20(7-5-16)23-10-9-21-15-23/h1-7,9-10,12,15,18,22H,8,11,13-14H2. The Balaban J connectivity index is 1.40. The average molecular weight is 319 g/mol. The van der Waals surface area contributed by atoms with Gasteiger partial charge in [0, 0.05) is 42.8 Å². The van der Waals surface area contributed by atoms with Gasteiger partial charge in [0.05, 0.1) is 12.9 Å². The van der Waals surface area contributed by atoms with Crippen LogP contribution in [0, 0.1) is 0 Å². The summed E-state index contributed by atoms with van der Waals surface area (Å²) in [5.74, 6) is 0.543. The number of rotatable bonds is 5. The Kier molecular flexibility index (Phi) is 4.30. The summed E-state index contributed by atoms with van der Waals surface area (Å²) in [6.45, 7) is 2.54. The van der Waals surface area contributed by atoms with Gasteiger partial charge in [-0.1, -0.05) is 24.3 Å². The van der Waals surface area contributed by atoms with Crippen molar-refractivity contribution in [3.05, 3.63) is 78.4 Å². The molecule has 1 fully saturated rings. The Morgan fingerprint density at radius 2 is 2.08 bits per heavy atom. The minimum Gasteiger partial charge on any atom is -0.381 e. The van der Waals surface area contributed by atoms with Crippen molar-refractivity contribution in [2.45, 2.75) is 18.9 Å². The number of nitrogens with zero attached hydrogens (tertiary/aromatic N) is 2. The first-order valence-corrected chi connectivity index (χ1v) is 8.37. The van der Waals surface area contributed by atoms with Crippen LogP contribution < -0.4 is 5.32 Å². The van der Waals surface area contributed by atoms with Crippen LogP contribution in [0.25, 0.3) is 5.69 Å². The fourth-order valence-electron chi connectivity index (χ4n) is 3.10. The van der Waals surface area contributed by atoms with Crippen LogP contribution in [0.5, 0.6) is 0 Å². The van der Waals surface area contributed by atoms with Crippen molar-refractivity contribution < 1.29 is 4.74 Å². The molecule has 4 heteroatoms. The van der Waals surface area contributed by atoms with E-state index in [-0.39, 0.29) is 0 Å². The quantitative estimate of drug-likeness (QED) is 0.773. The van der Waals surface area contributed by atoms with Gasteiger partial charge in [-0.05, 0) is 41.8 Å². The lowest BCUT2D eigenvalue weighted by molar-refractivity contribution is 0.194. The van der Waals surface area contributed by atoms with Crippen LogP contribution >= 0.6 is 0 Å². The smallest absolute Gasteiger partial charge is 0.0991 e. The molecule has 4 rings (SSSR count). The van der Waals surface area contributed by atoms with Crippen LogP contribution in [-0.4, -0.2) is 22.8 Å². The van der Waals surface area contributed by atoms with E-state index in [2.05, 4.69) is 58.8 Å². The van der Waals surface area contributed by atoms with E-state index in [9.17, 15) is 0 Å². The number of hydrogen-bond acceptors (Lipinski definition) is 3. The molecule has 0 amide bonds. The summed E-state index contributed by atoms with van der Waals surface area (Å²) in [5, 5.41) is 3.52. The fourth-order valence-corrected chi connectivity index (χ4v) is 3.10. The minimum absolute atomic E-state index is 0.543. The van der Waals surface area contributed by atoms with E-state index in [0.717, 1.165) is 37.6 Å². The minimum atomic E-state index is 0.543. The molecule has 0 radical (unpaired) electrons. The number of ether oxygens (including phenoxy) is 1. The molecule has 0 aliphatic carbocycles. The van der Waals surface area contributed by atoms with Crippen molar-refractivity contribution in [1.82, 2.24) is 9.55 Å². The molecule has 122 valence electrons. The molecule has 24 heavy (non-hydrogen) atoms. The average Bonchev–Trinajstić information content (AvgIpc) is 3.34. The second-order valence-corrected chi connectivity index (χ2v) is 6.18. The summed E-state index contributed by atoms with van der Waals surface area (Å²) < 4.78 is 7.50. The molecule has 1 atom stereocenters. The van der Waals surface area contributed by atoms with Crippen molar-refractivity contribution in [1.29, 1.82) is 0 Å². The fraction of sp³-hybridized carbons (Fsp3) is 0.250. The van der Waals surface area contributed by atoms with E-state index in [0.29, 0.717) is 5.92 Å². The van der Waals surface area contributed by atoms with Crippen LogP contribution in [0.15, 0.2) is 67.3 Å². The first-order chi connectivity index (χ1) is 11.9. The van der Waals surface area contributed by atoms with Crippen LogP contribution in [0.4, 0.5) is 5.69 Å². The van der Waals surface area contributed by atoms with Gasteiger partial charge in [-0.2, -0.15) is 0 Å². The predicted octanol–water partition coefficient (Wildman–Crippen LogP) is 3.99. The molecule has 2 heterocycles. The first-order valence-electron chi connectivity index (χ1n) is 8.37. The predicted molar refractivity (Wildman–Crippen MR) is 95.5 cm³/mol. The molecule has 1 aliphatic rings. The highest BCUT2D eigenvalue weighted by Crippen LogP contribution is 2.27. The highest BCUT2D eigenvalue weighted by molar-refractivity contribution is 5.47. The zero-order valence-corrected chi connectivity index (χ0v) is 13.6. The highest BCUT2D eigenvalue weighted by Gasteiger charge is 2.17. The summed E-state index contributed by atoms with van der Waals surface area (Å²) in [4.78, 5) is 4.08. The lowest BCUT2D eigenvalue weighted by Crippen LogP contribution is -2.02. The monoisotopic (exact) mass is 319 g/mol. The van der Waals surface area contributed by atoms with E-state index < -0.39 is 0 Å². The highest BCUT2D eigenvalue weighted by atomic mass is 16.5. The van der Waals surface area contributed by atoms with Crippen LogP contribution in [-0.2, 0) is 11.3 Å². The van der Waals surface area contributed by atoms with Crippen LogP contribution in [0.1, 0.15) is 23.5 Å². The molecule has 1 unspecified atom stereocenters. The van der Waals surface area contributed by atoms with E-state index >= 15 is 0 Å². The molecule has 2 aromatic carbocycles. The largest absolute Gasteiger partial charge is 0.381 e. The number of anilines is 1. The maximum atomic E-state index is 5.50. The third kappa shape index (κ3) is 3.34. The van der Waals surface area contributed by atoms with Gasteiger partial charge in [-0.15, -0.1) is 0 Å². The van der Waals surface area contributed by atoms with Gasteiger partial charge in [-0.25, -0.2) is 4.98 Å².